The summed E-state index contributed by atoms with van der Waals surface area (Å²) >= 11 is 3.27. The molecule has 1 aliphatic heterocycles. The molecule has 2 amide bonds. The van der Waals surface area contributed by atoms with E-state index in [9.17, 15) is 14.4 Å². The maximum Gasteiger partial charge on any atom is 0.410 e. The van der Waals surface area contributed by atoms with Crippen LogP contribution in [0.25, 0.3) is 5.69 Å². The van der Waals surface area contributed by atoms with E-state index in [-0.39, 0.29) is 16.4 Å². The first-order chi connectivity index (χ1) is 15.1. The number of nitrogens with zero attached hydrogens (tertiary/aromatic N) is 5. The summed E-state index contributed by atoms with van der Waals surface area (Å²) in [5, 5.41) is 10.2. The number of benzene rings is 1. The number of carbonyl (C=O) groups is 3. The number of carbonyl (C=O) groups excluding carboxylic acids is 3. The number of esters is 1. The molecule has 1 aliphatic rings. The topological polar surface area (TPSA) is 119 Å². The first-order valence-corrected chi connectivity index (χ1v) is 10.7. The van der Waals surface area contributed by atoms with Gasteiger partial charge in [-0.2, -0.15) is 0 Å². The average molecular weight is 509 g/mol. The van der Waals surface area contributed by atoms with Crippen molar-refractivity contribution in [2.75, 3.05) is 33.3 Å². The maximum atomic E-state index is 12.7. The average Bonchev–Trinajstić information content (AvgIpc) is 3.14. The normalized spacial score (nSPS) is 14.7. The van der Waals surface area contributed by atoms with Crippen LogP contribution in [-0.2, 0) is 9.47 Å². The van der Waals surface area contributed by atoms with Gasteiger partial charge in [0, 0.05) is 26.2 Å². The van der Waals surface area contributed by atoms with Crippen molar-refractivity contribution in [3.8, 4) is 5.69 Å². The van der Waals surface area contributed by atoms with Gasteiger partial charge in [-0.1, -0.05) is 0 Å². The van der Waals surface area contributed by atoms with Crippen molar-refractivity contribution >= 4 is 33.9 Å². The molecule has 2 aromatic rings. The molecule has 0 bridgehead atoms. The lowest BCUT2D eigenvalue weighted by Gasteiger charge is -2.35. The van der Waals surface area contributed by atoms with Crippen LogP contribution in [-0.4, -0.2) is 81.8 Å². The highest BCUT2D eigenvalue weighted by Gasteiger charge is 2.27. The molecule has 1 saturated heterocycles. The number of ether oxygens (including phenoxy) is 2. The van der Waals surface area contributed by atoms with Crippen molar-refractivity contribution in [3.63, 3.8) is 0 Å². The fourth-order valence-corrected chi connectivity index (χ4v) is 3.33. The van der Waals surface area contributed by atoms with Crippen molar-refractivity contribution in [2.24, 2.45) is 0 Å². The third-order valence-corrected chi connectivity index (χ3v) is 5.03. The molecule has 0 radical (unpaired) electrons. The largest absolute Gasteiger partial charge is 0.465 e. The molecule has 1 aromatic carbocycles. The van der Waals surface area contributed by atoms with Crippen molar-refractivity contribution in [1.82, 2.24) is 30.3 Å². The molecule has 0 spiro atoms. The van der Waals surface area contributed by atoms with E-state index in [1.807, 2.05) is 20.8 Å². The number of halogens is 1. The fourth-order valence-electron chi connectivity index (χ4n) is 2.92. The highest BCUT2D eigenvalue weighted by atomic mass is 79.9. The van der Waals surface area contributed by atoms with Crippen LogP contribution in [0.2, 0.25) is 0 Å². The molecule has 0 unspecified atom stereocenters. The monoisotopic (exact) mass is 508 g/mol. The van der Waals surface area contributed by atoms with E-state index in [0.717, 1.165) is 0 Å². The van der Waals surface area contributed by atoms with Crippen LogP contribution in [0, 0.1) is 0 Å². The summed E-state index contributed by atoms with van der Waals surface area (Å²) in [6.07, 6.45) is -0.368. The van der Waals surface area contributed by atoms with E-state index in [2.05, 4.69) is 36.3 Å². The summed E-state index contributed by atoms with van der Waals surface area (Å²) in [4.78, 5) is 39.3. The minimum absolute atomic E-state index is 0.108. The van der Waals surface area contributed by atoms with Crippen LogP contribution in [0.5, 0.6) is 0 Å². The molecule has 3 rings (SSSR count). The van der Waals surface area contributed by atoms with E-state index >= 15 is 0 Å². The Bertz CT molecular complexity index is 993. The van der Waals surface area contributed by atoms with Crippen LogP contribution >= 0.6 is 15.9 Å². The van der Waals surface area contributed by atoms with Crippen molar-refractivity contribution in [3.05, 3.63) is 40.1 Å². The number of rotatable bonds is 4. The third kappa shape index (κ3) is 5.82. The Balaban J connectivity index is 1.59. The van der Waals surface area contributed by atoms with Gasteiger partial charge in [0.15, 0.2) is 10.3 Å². The van der Waals surface area contributed by atoms with Crippen molar-refractivity contribution in [1.29, 1.82) is 0 Å². The summed E-state index contributed by atoms with van der Waals surface area (Å²) in [6.45, 7) is 7.21. The number of piperazine rings is 1. The van der Waals surface area contributed by atoms with Gasteiger partial charge in [0.1, 0.15) is 5.60 Å². The van der Waals surface area contributed by atoms with Crippen LogP contribution in [0.4, 0.5) is 4.79 Å². The second-order valence-electron chi connectivity index (χ2n) is 8.06. The number of hydrogen-bond acceptors (Lipinski definition) is 8. The van der Waals surface area contributed by atoms with Crippen LogP contribution in [0.15, 0.2) is 28.9 Å². The highest BCUT2D eigenvalue weighted by molar-refractivity contribution is 9.10. The summed E-state index contributed by atoms with van der Waals surface area (Å²) in [6, 6.07) is 6.47. The second kappa shape index (κ2) is 9.65. The van der Waals surface area contributed by atoms with Gasteiger partial charge >= 0.3 is 12.1 Å². The molecule has 172 valence electrons. The van der Waals surface area contributed by atoms with Gasteiger partial charge in [-0.05, 0) is 61.0 Å². The highest BCUT2D eigenvalue weighted by Crippen LogP contribution is 2.16. The SMILES string of the molecule is COC(=O)c1ccc(-n2nc(Br)c(C(=O)NN3CCN(C(=O)OC(C)(C)C)CC3)n2)cc1. The second-order valence-corrected chi connectivity index (χ2v) is 8.81. The molecule has 1 aromatic heterocycles. The first kappa shape index (κ1) is 23.7. The van der Waals surface area contributed by atoms with E-state index in [0.29, 0.717) is 37.4 Å². The summed E-state index contributed by atoms with van der Waals surface area (Å²) in [7, 11) is 1.31. The Labute approximate surface area is 193 Å². The minimum atomic E-state index is -0.555. The minimum Gasteiger partial charge on any atom is -0.465 e. The molecule has 1 N–H and O–H groups in total. The number of hydrazine groups is 1. The molecule has 0 aliphatic carbocycles. The first-order valence-electron chi connectivity index (χ1n) is 9.93. The smallest absolute Gasteiger partial charge is 0.410 e. The van der Waals surface area contributed by atoms with Crippen molar-refractivity contribution < 1.29 is 23.9 Å². The summed E-state index contributed by atoms with van der Waals surface area (Å²) in [5.74, 6) is -0.877. The predicted octanol–water partition coefficient (Wildman–Crippen LogP) is 2.01. The van der Waals surface area contributed by atoms with Gasteiger partial charge in [0.25, 0.3) is 5.91 Å². The molecule has 2 heterocycles. The Morgan fingerprint density at radius 3 is 2.22 bits per heavy atom. The lowest BCUT2D eigenvalue weighted by Crippen LogP contribution is -2.55. The van der Waals surface area contributed by atoms with Crippen molar-refractivity contribution in [2.45, 2.75) is 26.4 Å². The standard InChI is InChI=1S/C20H25BrN6O5/c1-20(2,3)32-19(30)25-9-11-26(12-10-25)24-17(28)15-16(21)23-27(22-15)14-7-5-13(6-8-14)18(29)31-4/h5-8H,9-12H2,1-4H3,(H,24,28). The molecule has 11 nitrogen and oxygen atoms in total. The number of amides is 2. The van der Waals surface area contributed by atoms with E-state index in [1.165, 1.54) is 11.9 Å². The molecule has 0 atom stereocenters. The number of nitrogens with one attached hydrogen (secondary N) is 1. The van der Waals surface area contributed by atoms with Crippen LogP contribution in [0.1, 0.15) is 41.6 Å². The van der Waals surface area contributed by atoms with E-state index in [4.69, 9.17) is 4.74 Å². The zero-order valence-electron chi connectivity index (χ0n) is 18.3. The molecular formula is C20H25BrN6O5. The maximum absolute atomic E-state index is 12.7. The van der Waals surface area contributed by atoms with Gasteiger partial charge in [-0.25, -0.2) is 14.6 Å². The van der Waals surface area contributed by atoms with Gasteiger partial charge in [-0.3, -0.25) is 10.2 Å². The fraction of sp³-hybridized carbons (Fsp3) is 0.450. The summed E-state index contributed by atoms with van der Waals surface area (Å²) in [5.41, 5.74) is 3.31. The zero-order valence-corrected chi connectivity index (χ0v) is 19.9. The van der Waals surface area contributed by atoms with Gasteiger partial charge in [0.05, 0.1) is 18.4 Å². The number of methoxy groups -OCH3 is 1. The van der Waals surface area contributed by atoms with E-state index in [1.54, 1.807) is 34.2 Å². The molecular weight excluding hydrogens is 484 g/mol. The lowest BCUT2D eigenvalue weighted by molar-refractivity contribution is 0.00968. The Morgan fingerprint density at radius 2 is 1.66 bits per heavy atom. The molecule has 32 heavy (non-hydrogen) atoms. The van der Waals surface area contributed by atoms with Crippen LogP contribution in [0.3, 0.4) is 0 Å². The van der Waals surface area contributed by atoms with Gasteiger partial charge in [-0.15, -0.1) is 15.0 Å². The lowest BCUT2D eigenvalue weighted by atomic mass is 10.2. The Morgan fingerprint density at radius 1 is 1.03 bits per heavy atom. The quantitative estimate of drug-likeness (QED) is 0.622. The number of aromatic nitrogens is 3. The van der Waals surface area contributed by atoms with E-state index < -0.39 is 17.5 Å². The van der Waals surface area contributed by atoms with Crippen LogP contribution < -0.4 is 5.43 Å². The Hall–Kier alpha value is -2.99. The molecule has 1 fully saturated rings. The number of hydrogen-bond donors (Lipinski definition) is 1. The molecule has 0 saturated carbocycles. The summed E-state index contributed by atoms with van der Waals surface area (Å²) < 4.78 is 10.3. The molecule has 12 heteroatoms. The van der Waals surface area contributed by atoms with Gasteiger partial charge < -0.3 is 14.4 Å². The predicted molar refractivity (Wildman–Crippen MR) is 117 cm³/mol. The Kier molecular flexibility index (Phi) is 7.14. The zero-order chi connectivity index (χ0) is 23.5. The van der Waals surface area contributed by atoms with Gasteiger partial charge in [0.2, 0.25) is 0 Å². The third-order valence-electron chi connectivity index (χ3n) is 4.50.